The number of aromatic nitrogens is 1. The minimum absolute atomic E-state index is 0.345. The number of para-hydroxylation sites is 1. The molecular weight excluding hydrogens is 408 g/mol. The van der Waals surface area contributed by atoms with Crippen LogP contribution in [0.5, 0.6) is 0 Å². The average Bonchev–Trinajstić information content (AvgIpc) is 3.29. The number of amides is 3. The summed E-state index contributed by atoms with van der Waals surface area (Å²) in [5.74, 6) is -0.431. The summed E-state index contributed by atoms with van der Waals surface area (Å²) in [6.45, 7) is 1.94. The predicted octanol–water partition coefficient (Wildman–Crippen LogP) is 5.18. The van der Waals surface area contributed by atoms with Gasteiger partial charge >= 0.3 is 11.2 Å². The molecule has 154 valence electrons. The normalized spacial score (nSPS) is 12.7. The van der Waals surface area contributed by atoms with Crippen LogP contribution in [0.15, 0.2) is 90.3 Å². The van der Waals surface area contributed by atoms with E-state index in [0.29, 0.717) is 22.1 Å². The first-order valence-electron chi connectivity index (χ1n) is 9.66. The summed E-state index contributed by atoms with van der Waals surface area (Å²) in [6, 6.07) is 24.9. The zero-order chi connectivity index (χ0) is 21.8. The molecule has 7 heteroatoms. The van der Waals surface area contributed by atoms with E-state index in [4.69, 9.17) is 5.73 Å². The van der Waals surface area contributed by atoms with Crippen molar-refractivity contribution in [2.24, 2.45) is 5.73 Å². The van der Waals surface area contributed by atoms with Gasteiger partial charge in [0.1, 0.15) is 0 Å². The molecule has 6 nitrogen and oxygen atoms in total. The van der Waals surface area contributed by atoms with Crippen molar-refractivity contribution in [2.45, 2.75) is 6.92 Å². The second kappa shape index (κ2) is 8.51. The third-order valence-corrected chi connectivity index (χ3v) is 5.82. The molecule has 3 amide bonds. The standard InChI is InChI=1S/C24H20N4O2S/c1-17-12-14-19(15-13-17)22(29)27-28(23(25)30,20-10-6-3-7-11-20)24-26-21(16-31-24)18-8-4-2-5-9-18/h2-16H,1H3,(H2-,25,27,29,30)/p+1. The van der Waals surface area contributed by atoms with Crippen LogP contribution < -0.4 is 15.8 Å². The molecule has 0 aliphatic carbocycles. The van der Waals surface area contributed by atoms with Crippen LogP contribution in [0.4, 0.5) is 15.6 Å². The molecule has 1 atom stereocenters. The molecule has 0 radical (unpaired) electrons. The van der Waals surface area contributed by atoms with E-state index < -0.39 is 16.5 Å². The molecule has 1 unspecified atom stereocenters. The highest BCUT2D eigenvalue weighted by Gasteiger charge is 2.46. The molecule has 0 saturated carbocycles. The molecular formula is C24H21N4O2S+. The van der Waals surface area contributed by atoms with Crippen LogP contribution in [-0.2, 0) is 0 Å². The van der Waals surface area contributed by atoms with Crippen molar-refractivity contribution in [1.29, 1.82) is 0 Å². The van der Waals surface area contributed by atoms with Crippen molar-refractivity contribution in [2.75, 3.05) is 0 Å². The Hall–Kier alpha value is -3.81. The smallest absolute Gasteiger partial charge is 0.316 e. The molecule has 0 fully saturated rings. The fraction of sp³-hybridized carbons (Fsp3) is 0.0417. The van der Waals surface area contributed by atoms with Crippen molar-refractivity contribution >= 4 is 34.1 Å². The maximum absolute atomic E-state index is 13.1. The average molecular weight is 430 g/mol. The van der Waals surface area contributed by atoms with Gasteiger partial charge in [0.25, 0.3) is 5.91 Å². The van der Waals surface area contributed by atoms with Crippen molar-refractivity contribution < 1.29 is 9.59 Å². The number of carbonyl (C=O) groups excluding carboxylic acids is 2. The fourth-order valence-corrected chi connectivity index (χ4v) is 4.19. The molecule has 31 heavy (non-hydrogen) atoms. The lowest BCUT2D eigenvalue weighted by Gasteiger charge is -2.29. The van der Waals surface area contributed by atoms with E-state index in [0.717, 1.165) is 11.1 Å². The molecule has 1 aromatic heterocycles. The summed E-state index contributed by atoms with van der Waals surface area (Å²) in [5.41, 5.74) is 12.3. The Bertz CT molecular complexity index is 1210. The van der Waals surface area contributed by atoms with E-state index >= 15 is 0 Å². The predicted molar refractivity (Wildman–Crippen MR) is 124 cm³/mol. The molecule has 1 heterocycles. The van der Waals surface area contributed by atoms with Gasteiger partial charge in [-0.25, -0.2) is 4.79 Å². The number of nitrogens with one attached hydrogen (secondary N) is 1. The van der Waals surface area contributed by atoms with Crippen molar-refractivity contribution in [1.82, 2.24) is 15.0 Å². The molecule has 0 aliphatic rings. The monoisotopic (exact) mass is 429 g/mol. The summed E-state index contributed by atoms with van der Waals surface area (Å²) in [5, 5.41) is 2.19. The van der Waals surface area contributed by atoms with Gasteiger partial charge in [-0.15, -0.1) is 0 Å². The highest BCUT2D eigenvalue weighted by molar-refractivity contribution is 7.14. The van der Waals surface area contributed by atoms with E-state index in [1.54, 1.807) is 36.4 Å². The Morgan fingerprint density at radius 1 is 0.903 bits per heavy atom. The van der Waals surface area contributed by atoms with Gasteiger partial charge in [0.2, 0.25) is 0 Å². The number of carbonyl (C=O) groups is 2. The van der Waals surface area contributed by atoms with E-state index in [-0.39, 0.29) is 0 Å². The maximum Gasteiger partial charge on any atom is 0.451 e. The van der Waals surface area contributed by atoms with Crippen molar-refractivity contribution in [3.63, 3.8) is 0 Å². The molecule has 0 spiro atoms. The first-order chi connectivity index (χ1) is 15.0. The zero-order valence-electron chi connectivity index (χ0n) is 16.9. The number of rotatable bonds is 4. The quantitative estimate of drug-likeness (QED) is 0.346. The number of aryl methyl sites for hydroxylation is 1. The summed E-state index contributed by atoms with van der Waals surface area (Å²) < 4.78 is -0.717. The lowest BCUT2D eigenvalue weighted by atomic mass is 10.1. The topological polar surface area (TPSA) is 85.1 Å². The van der Waals surface area contributed by atoms with E-state index in [1.807, 2.05) is 60.8 Å². The molecule has 4 aromatic rings. The number of urea groups is 1. The lowest BCUT2D eigenvalue weighted by molar-refractivity contribution is 0.0881. The summed E-state index contributed by atoms with van der Waals surface area (Å²) >= 11 is 1.26. The van der Waals surface area contributed by atoms with Crippen LogP contribution in [0.3, 0.4) is 0 Å². The minimum atomic E-state index is -0.763. The van der Waals surface area contributed by atoms with Crippen LogP contribution in [0.2, 0.25) is 0 Å². The third kappa shape index (κ3) is 3.96. The van der Waals surface area contributed by atoms with Gasteiger partial charge in [-0.2, -0.15) is 10.4 Å². The van der Waals surface area contributed by atoms with E-state index in [2.05, 4.69) is 10.4 Å². The summed E-state index contributed by atoms with van der Waals surface area (Å²) in [7, 11) is 0. The molecule has 0 aliphatic heterocycles. The number of hydrogen-bond acceptors (Lipinski definition) is 4. The number of primary amides is 1. The van der Waals surface area contributed by atoms with Crippen molar-refractivity contribution in [3.05, 3.63) is 101 Å². The largest absolute Gasteiger partial charge is 0.451 e. The highest BCUT2D eigenvalue weighted by atomic mass is 32.1. The van der Waals surface area contributed by atoms with Gasteiger partial charge in [-0.1, -0.05) is 77.6 Å². The minimum Gasteiger partial charge on any atom is -0.316 e. The Kier molecular flexibility index (Phi) is 5.62. The number of benzene rings is 3. The van der Waals surface area contributed by atoms with Crippen LogP contribution in [0.1, 0.15) is 15.9 Å². The zero-order valence-corrected chi connectivity index (χ0v) is 17.7. The number of nitrogens with zero attached hydrogens (tertiary/aromatic N) is 2. The van der Waals surface area contributed by atoms with Gasteiger partial charge in [0, 0.05) is 28.6 Å². The van der Waals surface area contributed by atoms with Gasteiger partial charge in [-0.3, -0.25) is 4.79 Å². The second-order valence-corrected chi connectivity index (χ2v) is 7.87. The lowest BCUT2D eigenvalue weighted by Crippen LogP contribution is -2.63. The Balaban J connectivity index is 1.83. The summed E-state index contributed by atoms with van der Waals surface area (Å²) in [6.07, 6.45) is 0. The third-order valence-electron chi connectivity index (χ3n) is 4.91. The fourth-order valence-electron chi connectivity index (χ4n) is 3.23. The Labute approximate surface area is 184 Å². The van der Waals surface area contributed by atoms with Crippen LogP contribution in [-0.4, -0.2) is 16.9 Å². The Morgan fingerprint density at radius 3 is 2.13 bits per heavy atom. The molecule has 0 bridgehead atoms. The van der Waals surface area contributed by atoms with E-state index in [1.165, 1.54) is 11.3 Å². The second-order valence-electron chi connectivity index (χ2n) is 7.03. The van der Waals surface area contributed by atoms with Crippen LogP contribution in [0.25, 0.3) is 11.3 Å². The first-order valence-corrected chi connectivity index (χ1v) is 10.5. The SMILES string of the molecule is Cc1ccc(C(=O)N[N+](C(N)=O)(c2ccccc2)c2nc(-c3ccccc3)cs2)cc1. The highest BCUT2D eigenvalue weighted by Crippen LogP contribution is 2.37. The molecule has 3 N–H and O–H groups in total. The number of quaternary nitrogens is 1. The number of nitrogens with two attached hydrogens (primary N) is 1. The Morgan fingerprint density at radius 2 is 1.52 bits per heavy atom. The van der Waals surface area contributed by atoms with Crippen LogP contribution in [0, 0.1) is 6.92 Å². The van der Waals surface area contributed by atoms with Crippen LogP contribution >= 0.6 is 11.3 Å². The van der Waals surface area contributed by atoms with Crippen molar-refractivity contribution in [3.8, 4) is 11.3 Å². The van der Waals surface area contributed by atoms with Gasteiger partial charge in [-0.05, 0) is 23.6 Å². The van der Waals surface area contributed by atoms with E-state index in [9.17, 15) is 9.59 Å². The maximum atomic E-state index is 13.1. The number of thiazole rings is 1. The van der Waals surface area contributed by atoms with Gasteiger partial charge in [0.05, 0.1) is 5.69 Å². The number of hydrogen-bond donors (Lipinski definition) is 2. The van der Waals surface area contributed by atoms with Gasteiger partial charge in [0.15, 0.2) is 5.69 Å². The van der Waals surface area contributed by atoms with Gasteiger partial charge < -0.3 is 5.73 Å². The molecule has 3 aromatic carbocycles. The summed E-state index contributed by atoms with van der Waals surface area (Å²) in [4.78, 5) is 30.8. The first kappa shape index (κ1) is 20.5. The molecule has 4 rings (SSSR count). The molecule has 0 saturated heterocycles.